The van der Waals surface area contributed by atoms with Crippen LogP contribution in [0.1, 0.15) is 13.8 Å². The van der Waals surface area contributed by atoms with Crippen molar-refractivity contribution in [3.63, 3.8) is 0 Å². The molecule has 0 aliphatic heterocycles. The van der Waals surface area contributed by atoms with Crippen LogP contribution in [0, 0.1) is 17.2 Å². The summed E-state index contributed by atoms with van der Waals surface area (Å²) in [6.07, 6.45) is 0. The van der Waals surface area contributed by atoms with E-state index in [1.165, 1.54) is 0 Å². The normalized spacial score (nSPS) is 12.2. The minimum absolute atomic E-state index is 0.0673. The lowest BCUT2D eigenvalue weighted by atomic mass is 10.2. The largest absolute Gasteiger partial charge is 0.492 e. The van der Waals surface area contributed by atoms with E-state index in [0.717, 1.165) is 29.9 Å². The van der Waals surface area contributed by atoms with Crippen molar-refractivity contribution >= 4 is 15.9 Å². The van der Waals surface area contributed by atoms with Gasteiger partial charge in [0, 0.05) is 17.6 Å². The van der Waals surface area contributed by atoms with Crippen molar-refractivity contribution < 1.29 is 4.74 Å². The topological polar surface area (TPSA) is 36.3 Å². The molecule has 0 saturated heterocycles. The number of ether oxygens (including phenoxy) is 1. The van der Waals surface area contributed by atoms with Gasteiger partial charge in [0.1, 0.15) is 12.4 Å². The van der Waals surface area contributed by atoms with Crippen LogP contribution in [0.5, 0.6) is 5.75 Å². The summed E-state index contributed by atoms with van der Waals surface area (Å²) < 4.78 is 6.71. The van der Waals surface area contributed by atoms with Gasteiger partial charge in [-0.1, -0.05) is 22.9 Å². The molecule has 0 spiro atoms. The molecule has 1 atom stereocenters. The van der Waals surface area contributed by atoms with Crippen LogP contribution in [0.25, 0.3) is 0 Å². The van der Waals surface area contributed by atoms with E-state index in [4.69, 9.17) is 10.00 Å². The van der Waals surface area contributed by atoms with Crippen LogP contribution in [0.2, 0.25) is 0 Å². The smallest absolute Gasteiger partial charge is 0.119 e. The van der Waals surface area contributed by atoms with Gasteiger partial charge >= 0.3 is 0 Å². The zero-order valence-corrected chi connectivity index (χ0v) is 12.5. The van der Waals surface area contributed by atoms with Gasteiger partial charge in [-0.3, -0.25) is 4.90 Å². The van der Waals surface area contributed by atoms with Crippen molar-refractivity contribution in [2.75, 3.05) is 26.2 Å². The predicted octanol–water partition coefficient (Wildman–Crippen LogP) is 3.31. The summed E-state index contributed by atoms with van der Waals surface area (Å²) in [6, 6.07) is 10.1. The van der Waals surface area contributed by atoms with Gasteiger partial charge in [0.25, 0.3) is 0 Å². The molecule has 0 fully saturated rings. The quantitative estimate of drug-likeness (QED) is 0.775. The number of hydrogen-bond donors (Lipinski definition) is 0. The van der Waals surface area contributed by atoms with Gasteiger partial charge in [-0.15, -0.1) is 0 Å². The summed E-state index contributed by atoms with van der Waals surface area (Å²) in [5, 5.41) is 8.80. The Morgan fingerprint density at radius 1 is 1.39 bits per heavy atom. The minimum Gasteiger partial charge on any atom is -0.492 e. The van der Waals surface area contributed by atoms with E-state index >= 15 is 0 Å². The van der Waals surface area contributed by atoms with Crippen LogP contribution in [-0.2, 0) is 0 Å². The molecule has 1 rings (SSSR count). The fourth-order valence-corrected chi connectivity index (χ4v) is 1.89. The first-order chi connectivity index (χ1) is 8.65. The average Bonchev–Trinajstić information content (AvgIpc) is 2.39. The van der Waals surface area contributed by atoms with Crippen LogP contribution in [0.3, 0.4) is 0 Å². The van der Waals surface area contributed by atoms with Crippen molar-refractivity contribution in [2.24, 2.45) is 5.92 Å². The Morgan fingerprint density at radius 3 is 2.61 bits per heavy atom. The highest BCUT2D eigenvalue weighted by Crippen LogP contribution is 2.15. The van der Waals surface area contributed by atoms with Crippen molar-refractivity contribution in [1.29, 1.82) is 5.26 Å². The first-order valence-electron chi connectivity index (χ1n) is 6.16. The fourth-order valence-electron chi connectivity index (χ4n) is 1.63. The molecule has 1 aromatic carbocycles. The molecule has 3 nitrogen and oxygen atoms in total. The number of nitrogens with zero attached hydrogens (tertiary/aromatic N) is 2. The molecular formula is C14H19BrN2O. The predicted molar refractivity (Wildman–Crippen MR) is 76.5 cm³/mol. The van der Waals surface area contributed by atoms with Crippen molar-refractivity contribution in [2.45, 2.75) is 13.8 Å². The molecule has 18 heavy (non-hydrogen) atoms. The molecule has 0 aromatic heterocycles. The first kappa shape index (κ1) is 15.0. The number of likely N-dealkylation sites (N-methyl/N-ethyl adjacent to an activating group) is 1. The molecular weight excluding hydrogens is 292 g/mol. The molecule has 1 unspecified atom stereocenters. The van der Waals surface area contributed by atoms with Crippen LogP contribution < -0.4 is 4.74 Å². The lowest BCUT2D eigenvalue weighted by molar-refractivity contribution is 0.206. The Balaban J connectivity index is 2.31. The van der Waals surface area contributed by atoms with E-state index in [1.807, 2.05) is 31.2 Å². The molecule has 0 radical (unpaired) electrons. The van der Waals surface area contributed by atoms with Crippen molar-refractivity contribution in [3.8, 4) is 11.8 Å². The van der Waals surface area contributed by atoms with Gasteiger partial charge in [0.05, 0.1) is 12.0 Å². The lowest BCUT2D eigenvalue weighted by Gasteiger charge is -2.21. The second-order valence-corrected chi connectivity index (χ2v) is 5.14. The summed E-state index contributed by atoms with van der Waals surface area (Å²) in [7, 11) is 0. The van der Waals surface area contributed by atoms with E-state index < -0.39 is 0 Å². The van der Waals surface area contributed by atoms with E-state index in [2.05, 4.69) is 33.8 Å². The summed E-state index contributed by atoms with van der Waals surface area (Å²) in [6.45, 7) is 7.28. The third kappa shape index (κ3) is 5.52. The average molecular weight is 311 g/mol. The highest BCUT2D eigenvalue weighted by atomic mass is 79.9. The van der Waals surface area contributed by atoms with Gasteiger partial charge in [-0.25, -0.2) is 0 Å². The maximum atomic E-state index is 8.80. The molecule has 1 aromatic rings. The number of benzene rings is 1. The Morgan fingerprint density at radius 2 is 2.06 bits per heavy atom. The fraction of sp³-hybridized carbons (Fsp3) is 0.500. The Kier molecular flexibility index (Phi) is 6.77. The zero-order valence-electron chi connectivity index (χ0n) is 10.9. The Labute approximate surface area is 117 Å². The van der Waals surface area contributed by atoms with Crippen molar-refractivity contribution in [3.05, 3.63) is 28.7 Å². The van der Waals surface area contributed by atoms with Crippen LogP contribution in [-0.4, -0.2) is 31.1 Å². The monoisotopic (exact) mass is 310 g/mol. The number of halogens is 1. The van der Waals surface area contributed by atoms with E-state index in [0.29, 0.717) is 6.61 Å². The molecule has 98 valence electrons. The van der Waals surface area contributed by atoms with Crippen LogP contribution in [0.4, 0.5) is 0 Å². The summed E-state index contributed by atoms with van der Waals surface area (Å²) in [5.74, 6) is 0.945. The summed E-state index contributed by atoms with van der Waals surface area (Å²) in [5.41, 5.74) is 0. The van der Waals surface area contributed by atoms with Gasteiger partial charge < -0.3 is 4.74 Å². The van der Waals surface area contributed by atoms with Gasteiger partial charge in [0.15, 0.2) is 0 Å². The van der Waals surface area contributed by atoms with Gasteiger partial charge in [-0.05, 0) is 37.7 Å². The summed E-state index contributed by atoms with van der Waals surface area (Å²) >= 11 is 3.39. The van der Waals surface area contributed by atoms with Gasteiger partial charge in [-0.2, -0.15) is 5.26 Å². The molecule has 0 N–H and O–H groups in total. The second kappa shape index (κ2) is 8.12. The maximum absolute atomic E-state index is 8.80. The van der Waals surface area contributed by atoms with E-state index in [-0.39, 0.29) is 5.92 Å². The zero-order chi connectivity index (χ0) is 13.4. The number of nitriles is 1. The second-order valence-electron chi connectivity index (χ2n) is 4.23. The van der Waals surface area contributed by atoms with E-state index in [1.54, 1.807) is 0 Å². The van der Waals surface area contributed by atoms with Crippen LogP contribution in [0.15, 0.2) is 28.7 Å². The molecule has 0 aliphatic carbocycles. The van der Waals surface area contributed by atoms with Crippen LogP contribution >= 0.6 is 15.9 Å². The first-order valence-corrected chi connectivity index (χ1v) is 6.95. The molecule has 0 aliphatic rings. The molecule has 4 heteroatoms. The number of rotatable bonds is 7. The SMILES string of the molecule is CCN(CCOc1ccc(Br)cc1)CC(C)C#N. The third-order valence-corrected chi connectivity index (χ3v) is 3.22. The highest BCUT2D eigenvalue weighted by Gasteiger charge is 2.07. The minimum atomic E-state index is 0.0673. The van der Waals surface area contributed by atoms with E-state index in [9.17, 15) is 0 Å². The standard InChI is InChI=1S/C14H19BrN2O/c1-3-17(11-12(2)10-16)8-9-18-14-6-4-13(15)5-7-14/h4-7,12H,3,8-9,11H2,1-2H3. The van der Waals surface area contributed by atoms with Crippen molar-refractivity contribution in [1.82, 2.24) is 4.90 Å². The lowest BCUT2D eigenvalue weighted by Crippen LogP contribution is -2.32. The molecule has 0 bridgehead atoms. The Hall–Kier alpha value is -1.05. The number of hydrogen-bond acceptors (Lipinski definition) is 3. The Bertz CT molecular complexity index is 386. The maximum Gasteiger partial charge on any atom is 0.119 e. The molecule has 0 amide bonds. The molecule has 0 saturated carbocycles. The third-order valence-electron chi connectivity index (χ3n) is 2.69. The van der Waals surface area contributed by atoms with Gasteiger partial charge in [0.2, 0.25) is 0 Å². The molecule has 0 heterocycles. The highest BCUT2D eigenvalue weighted by molar-refractivity contribution is 9.10. The summed E-state index contributed by atoms with van der Waals surface area (Å²) in [4.78, 5) is 2.23.